The summed E-state index contributed by atoms with van der Waals surface area (Å²) < 4.78 is 0. The van der Waals surface area contributed by atoms with Gasteiger partial charge in [0.15, 0.2) is 0 Å². The molecule has 3 nitrogen and oxygen atoms in total. The summed E-state index contributed by atoms with van der Waals surface area (Å²) in [5.41, 5.74) is 7.47. The fraction of sp³-hybridized carbons (Fsp3) is 0.417. The van der Waals surface area contributed by atoms with Gasteiger partial charge in [-0.15, -0.1) is 0 Å². The summed E-state index contributed by atoms with van der Waals surface area (Å²) in [4.78, 5) is 13.5. The summed E-state index contributed by atoms with van der Waals surface area (Å²) in [5, 5.41) is 0.656. The van der Waals surface area contributed by atoms with Crippen LogP contribution < -0.4 is 5.73 Å². The van der Waals surface area contributed by atoms with Crippen molar-refractivity contribution in [1.82, 2.24) is 4.90 Å². The number of carbonyl (C=O) groups is 1. The molecule has 1 fully saturated rings. The molecule has 0 aliphatic carbocycles. The van der Waals surface area contributed by atoms with Gasteiger partial charge in [0.2, 0.25) is 5.91 Å². The molecular formula is C12H15ClN2O. The molecule has 0 spiro atoms. The highest BCUT2D eigenvalue weighted by molar-refractivity contribution is 6.30. The number of hydrogen-bond acceptors (Lipinski definition) is 2. The van der Waals surface area contributed by atoms with E-state index < -0.39 is 0 Å². The van der Waals surface area contributed by atoms with E-state index in [2.05, 4.69) is 6.92 Å². The molecule has 1 amide bonds. The average molecular weight is 239 g/mol. The molecule has 4 heteroatoms. The first-order valence-electron chi connectivity index (χ1n) is 5.38. The topological polar surface area (TPSA) is 46.3 Å². The van der Waals surface area contributed by atoms with Crippen LogP contribution in [-0.2, 0) is 11.3 Å². The van der Waals surface area contributed by atoms with Gasteiger partial charge in [-0.25, -0.2) is 0 Å². The first kappa shape index (κ1) is 11.3. The van der Waals surface area contributed by atoms with E-state index >= 15 is 0 Å². The third-order valence-electron chi connectivity index (χ3n) is 2.87. The number of anilines is 1. The Kier molecular flexibility index (Phi) is 3.06. The van der Waals surface area contributed by atoms with Gasteiger partial charge in [-0.2, -0.15) is 0 Å². The molecule has 1 aromatic rings. The lowest BCUT2D eigenvalue weighted by molar-refractivity contribution is -0.128. The molecule has 1 aliphatic heterocycles. The standard InChI is InChI=1S/C12H15ClN2O/c1-8-4-12(16)15(6-8)7-9-5-10(13)2-3-11(9)14/h2-3,5,8H,4,6-7,14H2,1H3. The predicted octanol–water partition coefficient (Wildman–Crippen LogP) is 2.29. The summed E-state index contributed by atoms with van der Waals surface area (Å²) in [6, 6.07) is 5.36. The Morgan fingerprint density at radius 1 is 1.56 bits per heavy atom. The van der Waals surface area contributed by atoms with E-state index in [1.807, 2.05) is 11.0 Å². The van der Waals surface area contributed by atoms with Gasteiger partial charge in [0.25, 0.3) is 0 Å². The maximum absolute atomic E-state index is 11.6. The quantitative estimate of drug-likeness (QED) is 0.804. The van der Waals surface area contributed by atoms with Crippen LogP contribution in [0.5, 0.6) is 0 Å². The number of hydrogen-bond donors (Lipinski definition) is 1. The van der Waals surface area contributed by atoms with Crippen molar-refractivity contribution >= 4 is 23.2 Å². The van der Waals surface area contributed by atoms with Crippen molar-refractivity contribution in [1.29, 1.82) is 0 Å². The monoisotopic (exact) mass is 238 g/mol. The molecule has 1 unspecified atom stereocenters. The SMILES string of the molecule is CC1CC(=O)N(Cc2cc(Cl)ccc2N)C1. The van der Waals surface area contributed by atoms with E-state index in [1.165, 1.54) is 0 Å². The molecule has 1 saturated heterocycles. The van der Waals surface area contributed by atoms with Crippen LogP contribution in [0.3, 0.4) is 0 Å². The van der Waals surface area contributed by atoms with Gasteiger partial charge in [-0.1, -0.05) is 18.5 Å². The molecule has 0 aromatic heterocycles. The number of rotatable bonds is 2. The summed E-state index contributed by atoms with van der Waals surface area (Å²) in [5.74, 6) is 0.639. The summed E-state index contributed by atoms with van der Waals surface area (Å²) in [7, 11) is 0. The molecule has 1 heterocycles. The normalized spacial score (nSPS) is 20.5. The number of nitrogen functional groups attached to an aromatic ring is 1. The van der Waals surface area contributed by atoms with Gasteiger partial charge in [0, 0.05) is 30.2 Å². The van der Waals surface area contributed by atoms with Gasteiger partial charge < -0.3 is 10.6 Å². The molecule has 2 N–H and O–H groups in total. The van der Waals surface area contributed by atoms with Crippen LogP contribution in [0.25, 0.3) is 0 Å². The third-order valence-corrected chi connectivity index (χ3v) is 3.11. The number of halogens is 1. The van der Waals surface area contributed by atoms with Gasteiger partial charge in [-0.3, -0.25) is 4.79 Å². The second kappa shape index (κ2) is 4.34. The fourth-order valence-electron chi connectivity index (χ4n) is 2.04. The molecule has 2 rings (SSSR count). The zero-order chi connectivity index (χ0) is 11.7. The molecule has 1 atom stereocenters. The molecule has 0 bridgehead atoms. The van der Waals surface area contributed by atoms with Crippen molar-refractivity contribution in [2.24, 2.45) is 5.92 Å². The zero-order valence-corrected chi connectivity index (χ0v) is 10.00. The van der Waals surface area contributed by atoms with E-state index in [1.54, 1.807) is 12.1 Å². The van der Waals surface area contributed by atoms with E-state index in [0.717, 1.165) is 12.1 Å². The summed E-state index contributed by atoms with van der Waals surface area (Å²) >= 11 is 5.91. The minimum atomic E-state index is 0.201. The molecule has 0 saturated carbocycles. The molecule has 1 aliphatic rings. The maximum Gasteiger partial charge on any atom is 0.223 e. The number of likely N-dealkylation sites (tertiary alicyclic amines) is 1. The Balaban J connectivity index is 2.15. The number of nitrogens with two attached hydrogens (primary N) is 1. The highest BCUT2D eigenvalue weighted by Crippen LogP contribution is 2.23. The first-order chi connectivity index (χ1) is 7.56. The summed E-state index contributed by atoms with van der Waals surface area (Å²) in [6.07, 6.45) is 0.639. The highest BCUT2D eigenvalue weighted by Gasteiger charge is 2.26. The van der Waals surface area contributed by atoms with E-state index in [9.17, 15) is 4.79 Å². The van der Waals surface area contributed by atoms with Crippen LogP contribution in [0.2, 0.25) is 5.02 Å². The highest BCUT2D eigenvalue weighted by atomic mass is 35.5. The van der Waals surface area contributed by atoms with Gasteiger partial charge >= 0.3 is 0 Å². The summed E-state index contributed by atoms with van der Waals surface area (Å²) in [6.45, 7) is 3.46. The van der Waals surface area contributed by atoms with Crippen LogP contribution >= 0.6 is 11.6 Å². The predicted molar refractivity (Wildman–Crippen MR) is 65.1 cm³/mol. The molecule has 1 aromatic carbocycles. The Morgan fingerprint density at radius 2 is 2.31 bits per heavy atom. The second-order valence-electron chi connectivity index (χ2n) is 4.43. The van der Waals surface area contributed by atoms with Crippen LogP contribution in [0, 0.1) is 5.92 Å². The Bertz CT molecular complexity index is 419. The molecule has 0 radical (unpaired) electrons. The van der Waals surface area contributed by atoms with E-state index in [-0.39, 0.29) is 5.91 Å². The van der Waals surface area contributed by atoms with Crippen LogP contribution in [-0.4, -0.2) is 17.4 Å². The largest absolute Gasteiger partial charge is 0.398 e. The lowest BCUT2D eigenvalue weighted by Gasteiger charge is -2.17. The second-order valence-corrected chi connectivity index (χ2v) is 4.86. The molecule has 86 valence electrons. The van der Waals surface area contributed by atoms with E-state index in [4.69, 9.17) is 17.3 Å². The number of benzene rings is 1. The minimum Gasteiger partial charge on any atom is -0.398 e. The average Bonchev–Trinajstić information content (AvgIpc) is 2.51. The van der Waals surface area contributed by atoms with Gasteiger partial charge in [-0.05, 0) is 29.7 Å². The van der Waals surface area contributed by atoms with Crippen molar-refractivity contribution in [3.05, 3.63) is 28.8 Å². The van der Waals surface area contributed by atoms with Crippen molar-refractivity contribution in [3.8, 4) is 0 Å². The number of carbonyl (C=O) groups excluding carboxylic acids is 1. The third kappa shape index (κ3) is 2.30. The van der Waals surface area contributed by atoms with E-state index in [0.29, 0.717) is 29.6 Å². The molecular weight excluding hydrogens is 224 g/mol. The van der Waals surface area contributed by atoms with Crippen molar-refractivity contribution in [2.45, 2.75) is 19.9 Å². The minimum absolute atomic E-state index is 0.201. The van der Waals surface area contributed by atoms with Gasteiger partial charge in [0.1, 0.15) is 0 Å². The molecule has 16 heavy (non-hydrogen) atoms. The number of nitrogens with zero attached hydrogens (tertiary/aromatic N) is 1. The fourth-order valence-corrected chi connectivity index (χ4v) is 2.23. The van der Waals surface area contributed by atoms with Crippen molar-refractivity contribution in [2.75, 3.05) is 12.3 Å². The first-order valence-corrected chi connectivity index (χ1v) is 5.75. The maximum atomic E-state index is 11.6. The Morgan fingerprint density at radius 3 is 2.94 bits per heavy atom. The smallest absolute Gasteiger partial charge is 0.223 e. The lowest BCUT2D eigenvalue weighted by Crippen LogP contribution is -2.24. The van der Waals surface area contributed by atoms with Crippen molar-refractivity contribution < 1.29 is 4.79 Å². The zero-order valence-electron chi connectivity index (χ0n) is 9.24. The van der Waals surface area contributed by atoms with Crippen molar-refractivity contribution in [3.63, 3.8) is 0 Å². The van der Waals surface area contributed by atoms with Crippen LogP contribution in [0.1, 0.15) is 18.9 Å². The Hall–Kier alpha value is -1.22. The lowest BCUT2D eigenvalue weighted by atomic mass is 10.1. The Labute approximate surface area is 100 Å². The van der Waals surface area contributed by atoms with Crippen LogP contribution in [0.4, 0.5) is 5.69 Å². The van der Waals surface area contributed by atoms with Gasteiger partial charge in [0.05, 0.1) is 0 Å². The number of amides is 1. The van der Waals surface area contributed by atoms with Crippen LogP contribution in [0.15, 0.2) is 18.2 Å².